The SMILES string of the molecule is N=C(N)c1ccccn1.O=C(O)/C=C\C(=O)O. The Morgan fingerprint density at radius 2 is 1.76 bits per heavy atom. The Morgan fingerprint density at radius 1 is 1.24 bits per heavy atom. The fourth-order valence-electron chi connectivity index (χ4n) is 0.665. The normalized spacial score (nSPS) is 9.18. The molecule has 1 aromatic rings. The predicted molar refractivity (Wildman–Crippen MR) is 59.7 cm³/mol. The summed E-state index contributed by atoms with van der Waals surface area (Å²) in [6.07, 6.45) is 2.72. The van der Waals surface area contributed by atoms with E-state index in [0.717, 1.165) is 0 Å². The highest BCUT2D eigenvalue weighted by molar-refractivity contribution is 5.92. The van der Waals surface area contributed by atoms with Crippen LogP contribution in [0.4, 0.5) is 0 Å². The van der Waals surface area contributed by atoms with E-state index in [1.807, 2.05) is 0 Å². The van der Waals surface area contributed by atoms with Crippen LogP contribution in [-0.4, -0.2) is 33.0 Å². The number of carboxylic acid groups (broad SMARTS) is 2. The molecule has 17 heavy (non-hydrogen) atoms. The van der Waals surface area contributed by atoms with Crippen molar-refractivity contribution in [1.29, 1.82) is 5.41 Å². The van der Waals surface area contributed by atoms with Crippen LogP contribution in [0.5, 0.6) is 0 Å². The number of nitrogen functional groups attached to an aromatic ring is 1. The molecule has 0 aliphatic heterocycles. The first-order valence-corrected chi connectivity index (χ1v) is 4.33. The average molecular weight is 237 g/mol. The highest BCUT2D eigenvalue weighted by atomic mass is 16.4. The van der Waals surface area contributed by atoms with Crippen LogP contribution in [0.25, 0.3) is 0 Å². The second-order valence-corrected chi connectivity index (χ2v) is 2.64. The molecule has 0 saturated carbocycles. The molecular weight excluding hydrogens is 226 g/mol. The molecule has 0 atom stereocenters. The van der Waals surface area contributed by atoms with Crippen LogP contribution in [0.3, 0.4) is 0 Å². The van der Waals surface area contributed by atoms with Crippen molar-refractivity contribution in [1.82, 2.24) is 4.98 Å². The molecule has 7 heteroatoms. The van der Waals surface area contributed by atoms with Gasteiger partial charge in [-0.2, -0.15) is 0 Å². The van der Waals surface area contributed by atoms with E-state index < -0.39 is 11.9 Å². The smallest absolute Gasteiger partial charge is 0.328 e. The lowest BCUT2D eigenvalue weighted by atomic mass is 10.3. The molecule has 0 aliphatic rings. The molecule has 0 unspecified atom stereocenters. The number of amidine groups is 1. The Hall–Kier alpha value is -2.70. The van der Waals surface area contributed by atoms with Crippen molar-refractivity contribution < 1.29 is 19.8 Å². The summed E-state index contributed by atoms with van der Waals surface area (Å²) in [5, 5.41) is 22.6. The molecule has 7 nitrogen and oxygen atoms in total. The summed E-state index contributed by atoms with van der Waals surface area (Å²) in [4.78, 5) is 22.9. The van der Waals surface area contributed by atoms with E-state index in [0.29, 0.717) is 17.8 Å². The second-order valence-electron chi connectivity index (χ2n) is 2.64. The second kappa shape index (κ2) is 7.57. The summed E-state index contributed by atoms with van der Waals surface area (Å²) < 4.78 is 0. The van der Waals surface area contributed by atoms with Gasteiger partial charge in [-0.1, -0.05) is 6.07 Å². The van der Waals surface area contributed by atoms with Gasteiger partial charge in [-0.3, -0.25) is 10.4 Å². The van der Waals surface area contributed by atoms with Gasteiger partial charge in [-0.25, -0.2) is 9.59 Å². The lowest BCUT2D eigenvalue weighted by Crippen LogP contribution is -2.12. The fourth-order valence-corrected chi connectivity index (χ4v) is 0.665. The molecule has 1 heterocycles. The van der Waals surface area contributed by atoms with Gasteiger partial charge in [-0.15, -0.1) is 0 Å². The van der Waals surface area contributed by atoms with E-state index in [1.54, 1.807) is 24.4 Å². The third kappa shape index (κ3) is 8.30. The van der Waals surface area contributed by atoms with E-state index in [4.69, 9.17) is 21.4 Å². The summed E-state index contributed by atoms with van der Waals surface area (Å²) >= 11 is 0. The molecule has 90 valence electrons. The zero-order valence-corrected chi connectivity index (χ0v) is 8.70. The molecule has 5 N–H and O–H groups in total. The van der Waals surface area contributed by atoms with Crippen molar-refractivity contribution in [2.45, 2.75) is 0 Å². The minimum Gasteiger partial charge on any atom is -0.478 e. The lowest BCUT2D eigenvalue weighted by Gasteiger charge is -1.91. The van der Waals surface area contributed by atoms with Gasteiger partial charge in [0.1, 0.15) is 11.5 Å². The average Bonchev–Trinajstić information content (AvgIpc) is 2.28. The number of nitrogens with zero attached hydrogens (tertiary/aromatic N) is 1. The van der Waals surface area contributed by atoms with Crippen LogP contribution in [-0.2, 0) is 9.59 Å². The standard InChI is InChI=1S/C6H7N3.C4H4O4/c7-6(8)5-3-1-2-4-9-5;5-3(6)1-2-4(7)8/h1-4H,(H3,7,8);1-2H,(H,5,6)(H,7,8)/b;2-1-. The van der Waals surface area contributed by atoms with E-state index in [1.165, 1.54) is 0 Å². The number of carbonyl (C=O) groups is 2. The predicted octanol–water partition coefficient (Wildman–Crippen LogP) is 0.0775. The van der Waals surface area contributed by atoms with Crippen molar-refractivity contribution in [3.63, 3.8) is 0 Å². The summed E-state index contributed by atoms with van der Waals surface area (Å²) in [6.45, 7) is 0. The van der Waals surface area contributed by atoms with Gasteiger partial charge in [0.2, 0.25) is 0 Å². The maximum Gasteiger partial charge on any atom is 0.328 e. The molecule has 0 amide bonds. The van der Waals surface area contributed by atoms with E-state index in [9.17, 15) is 9.59 Å². The quantitative estimate of drug-likeness (QED) is 0.333. The minimum absolute atomic E-state index is 0.00981. The molecule has 0 aliphatic carbocycles. The third-order valence-corrected chi connectivity index (χ3v) is 1.31. The summed E-state index contributed by atoms with van der Waals surface area (Å²) in [6, 6.07) is 5.28. The number of aliphatic carboxylic acids is 2. The van der Waals surface area contributed by atoms with Crippen molar-refractivity contribution in [2.75, 3.05) is 0 Å². The first-order valence-electron chi connectivity index (χ1n) is 4.33. The molecular formula is C10H11N3O4. The molecule has 0 bridgehead atoms. The maximum absolute atomic E-state index is 9.55. The number of hydrogen-bond acceptors (Lipinski definition) is 4. The van der Waals surface area contributed by atoms with E-state index >= 15 is 0 Å². The molecule has 0 aromatic carbocycles. The van der Waals surface area contributed by atoms with Gasteiger partial charge in [0.15, 0.2) is 0 Å². The first-order chi connectivity index (χ1) is 7.93. The van der Waals surface area contributed by atoms with Crippen molar-refractivity contribution >= 4 is 17.8 Å². The number of carboxylic acids is 2. The van der Waals surface area contributed by atoms with Crippen LogP contribution in [0.2, 0.25) is 0 Å². The molecule has 1 rings (SSSR count). The Bertz CT molecular complexity index is 412. The molecule has 1 aromatic heterocycles. The van der Waals surface area contributed by atoms with Crippen LogP contribution >= 0.6 is 0 Å². The Morgan fingerprint density at radius 3 is 2.00 bits per heavy atom. The number of nitrogens with two attached hydrogens (primary N) is 1. The highest BCUT2D eigenvalue weighted by Gasteiger charge is 1.91. The van der Waals surface area contributed by atoms with E-state index in [-0.39, 0.29) is 5.84 Å². The number of hydrogen-bond donors (Lipinski definition) is 4. The number of rotatable bonds is 3. The topological polar surface area (TPSA) is 137 Å². The van der Waals surface area contributed by atoms with Crippen LogP contribution < -0.4 is 5.73 Å². The van der Waals surface area contributed by atoms with Gasteiger partial charge in [0.25, 0.3) is 0 Å². The zero-order chi connectivity index (χ0) is 13.3. The lowest BCUT2D eigenvalue weighted by molar-refractivity contribution is -0.134. The number of pyridine rings is 1. The number of nitrogens with one attached hydrogen (secondary N) is 1. The molecule has 0 fully saturated rings. The van der Waals surface area contributed by atoms with Gasteiger partial charge < -0.3 is 15.9 Å². The van der Waals surface area contributed by atoms with Gasteiger partial charge in [-0.05, 0) is 12.1 Å². The Labute approximate surface area is 96.7 Å². The largest absolute Gasteiger partial charge is 0.478 e. The monoisotopic (exact) mass is 237 g/mol. The van der Waals surface area contributed by atoms with Gasteiger partial charge in [0, 0.05) is 18.3 Å². The van der Waals surface area contributed by atoms with Crippen molar-refractivity contribution in [3.8, 4) is 0 Å². The molecule has 0 saturated heterocycles. The van der Waals surface area contributed by atoms with Crippen molar-refractivity contribution in [2.24, 2.45) is 5.73 Å². The highest BCUT2D eigenvalue weighted by Crippen LogP contribution is 1.88. The van der Waals surface area contributed by atoms with Crippen LogP contribution in [0.1, 0.15) is 5.69 Å². The Kier molecular flexibility index (Phi) is 6.37. The number of aromatic nitrogens is 1. The summed E-state index contributed by atoms with van der Waals surface area (Å²) in [5.41, 5.74) is 5.66. The fraction of sp³-hybridized carbons (Fsp3) is 0. The van der Waals surface area contributed by atoms with Gasteiger partial charge >= 0.3 is 11.9 Å². The zero-order valence-electron chi connectivity index (χ0n) is 8.70. The first kappa shape index (κ1) is 14.3. The van der Waals surface area contributed by atoms with Crippen LogP contribution in [0, 0.1) is 5.41 Å². The molecule has 0 spiro atoms. The van der Waals surface area contributed by atoms with Gasteiger partial charge in [0.05, 0.1) is 0 Å². The van der Waals surface area contributed by atoms with E-state index in [2.05, 4.69) is 4.98 Å². The van der Waals surface area contributed by atoms with Crippen molar-refractivity contribution in [3.05, 3.63) is 42.2 Å². The molecule has 0 radical (unpaired) electrons. The summed E-state index contributed by atoms with van der Waals surface area (Å²) in [5.74, 6) is -2.50. The van der Waals surface area contributed by atoms with Crippen LogP contribution in [0.15, 0.2) is 36.5 Å². The minimum atomic E-state index is -1.26. The maximum atomic E-state index is 9.55. The summed E-state index contributed by atoms with van der Waals surface area (Å²) in [7, 11) is 0. The third-order valence-electron chi connectivity index (χ3n) is 1.31. The Balaban J connectivity index is 0.000000304.